The first-order valence-electron chi connectivity index (χ1n) is 5.39. The summed E-state index contributed by atoms with van der Waals surface area (Å²) in [5.41, 5.74) is 5.37. The monoisotopic (exact) mass is 274 g/mol. The molecule has 3 nitrogen and oxygen atoms in total. The third-order valence-electron chi connectivity index (χ3n) is 2.78. The number of rotatable bonds is 5. The summed E-state index contributed by atoms with van der Waals surface area (Å²) in [5.74, 6) is -1.97. The summed E-state index contributed by atoms with van der Waals surface area (Å²) in [7, 11) is 3.22. The molecule has 1 rings (SSSR count). The number of ether oxygens (including phenoxy) is 1. The van der Waals surface area contributed by atoms with Crippen LogP contribution in [0.4, 0.5) is 14.5 Å². The number of likely N-dealkylation sites (N-methyl/N-ethyl adjacent to an activating group) is 1. The molecular weight excluding hydrogens is 258 g/mol. The molecule has 0 aliphatic carbocycles. The second-order valence-corrected chi connectivity index (χ2v) is 4.48. The first-order valence-corrected chi connectivity index (χ1v) is 5.80. The lowest BCUT2D eigenvalue weighted by atomic mass is 10.1. The zero-order valence-corrected chi connectivity index (χ0v) is 11.4. The molecule has 18 heavy (non-hydrogen) atoms. The number of halogens is 2. The van der Waals surface area contributed by atoms with Crippen molar-refractivity contribution in [3.8, 4) is 0 Å². The quantitative estimate of drug-likeness (QED) is 0.834. The lowest BCUT2D eigenvalue weighted by Crippen LogP contribution is -2.33. The number of hydrogen-bond acceptors (Lipinski definition) is 3. The van der Waals surface area contributed by atoms with Gasteiger partial charge in [-0.25, -0.2) is 8.78 Å². The van der Waals surface area contributed by atoms with Gasteiger partial charge in [-0.15, -0.1) is 0 Å². The van der Waals surface area contributed by atoms with Crippen LogP contribution in [0.3, 0.4) is 0 Å². The summed E-state index contributed by atoms with van der Waals surface area (Å²) in [6, 6.07) is 2.75. The Morgan fingerprint density at radius 3 is 2.56 bits per heavy atom. The largest absolute Gasteiger partial charge is 0.389 e. The van der Waals surface area contributed by atoms with Crippen molar-refractivity contribution < 1.29 is 13.5 Å². The Bertz CT molecular complexity index is 454. The van der Waals surface area contributed by atoms with Crippen molar-refractivity contribution in [2.24, 2.45) is 5.73 Å². The Labute approximate surface area is 111 Å². The predicted octanol–water partition coefficient (Wildman–Crippen LogP) is 2.07. The maximum Gasteiger partial charge on any atom is 0.182 e. The van der Waals surface area contributed by atoms with Gasteiger partial charge in [-0.2, -0.15) is 0 Å². The minimum Gasteiger partial charge on any atom is -0.389 e. The predicted molar refractivity (Wildman–Crippen MR) is 72.0 cm³/mol. The van der Waals surface area contributed by atoms with Crippen molar-refractivity contribution in [2.75, 3.05) is 25.7 Å². The lowest BCUT2D eigenvalue weighted by Gasteiger charge is -2.27. The van der Waals surface area contributed by atoms with Gasteiger partial charge in [-0.3, -0.25) is 0 Å². The van der Waals surface area contributed by atoms with Gasteiger partial charge in [0, 0.05) is 25.8 Å². The summed E-state index contributed by atoms with van der Waals surface area (Å²) in [6.45, 7) is 2.26. The number of nitrogens with zero attached hydrogens (tertiary/aromatic N) is 1. The molecule has 0 radical (unpaired) electrons. The molecular formula is C12H16F2N2OS. The van der Waals surface area contributed by atoms with Gasteiger partial charge in [-0.1, -0.05) is 12.2 Å². The highest BCUT2D eigenvalue weighted by atomic mass is 32.1. The molecule has 0 spiro atoms. The molecule has 0 aliphatic heterocycles. The molecule has 0 heterocycles. The normalized spacial score (nSPS) is 12.3. The van der Waals surface area contributed by atoms with E-state index in [1.807, 2.05) is 6.92 Å². The second kappa shape index (κ2) is 6.06. The number of hydrogen-bond donors (Lipinski definition) is 1. The van der Waals surface area contributed by atoms with Gasteiger partial charge >= 0.3 is 0 Å². The summed E-state index contributed by atoms with van der Waals surface area (Å²) < 4.78 is 32.6. The number of thiocarbonyl (C=S) groups is 1. The van der Waals surface area contributed by atoms with Crippen LogP contribution in [-0.2, 0) is 4.74 Å². The van der Waals surface area contributed by atoms with Crippen LogP contribution in [0.1, 0.15) is 12.5 Å². The Morgan fingerprint density at radius 2 is 2.06 bits per heavy atom. The molecule has 1 aromatic carbocycles. The SMILES string of the molecule is COCC(C)N(C)c1ccc(C(N)=S)c(F)c1F. The number of methoxy groups -OCH3 is 1. The van der Waals surface area contributed by atoms with Gasteiger partial charge in [-0.05, 0) is 19.1 Å². The van der Waals surface area contributed by atoms with Gasteiger partial charge in [0.25, 0.3) is 0 Å². The topological polar surface area (TPSA) is 38.5 Å². The van der Waals surface area contributed by atoms with Crippen molar-refractivity contribution in [2.45, 2.75) is 13.0 Å². The third-order valence-corrected chi connectivity index (χ3v) is 3.00. The van der Waals surface area contributed by atoms with E-state index in [0.717, 1.165) is 0 Å². The molecule has 0 aromatic heterocycles. The zero-order valence-electron chi connectivity index (χ0n) is 10.5. The summed E-state index contributed by atoms with van der Waals surface area (Å²) in [6.07, 6.45) is 0. The minimum atomic E-state index is -1.02. The molecule has 100 valence electrons. The van der Waals surface area contributed by atoms with Gasteiger partial charge in [0.05, 0.1) is 12.3 Å². The van der Waals surface area contributed by atoms with Crippen LogP contribution >= 0.6 is 12.2 Å². The van der Waals surface area contributed by atoms with Crippen LogP contribution in [0.2, 0.25) is 0 Å². The van der Waals surface area contributed by atoms with Crippen LogP contribution in [0, 0.1) is 11.6 Å². The fourth-order valence-electron chi connectivity index (χ4n) is 1.59. The maximum atomic E-state index is 13.9. The van der Waals surface area contributed by atoms with E-state index in [1.54, 1.807) is 19.1 Å². The fourth-order valence-corrected chi connectivity index (χ4v) is 1.75. The van der Waals surface area contributed by atoms with E-state index >= 15 is 0 Å². The Hall–Kier alpha value is -1.27. The molecule has 0 saturated heterocycles. The van der Waals surface area contributed by atoms with Gasteiger partial charge in [0.1, 0.15) is 4.99 Å². The second-order valence-electron chi connectivity index (χ2n) is 4.04. The van der Waals surface area contributed by atoms with Crippen molar-refractivity contribution in [3.05, 3.63) is 29.3 Å². The molecule has 6 heteroatoms. The molecule has 0 aliphatic rings. The highest BCUT2D eigenvalue weighted by Crippen LogP contribution is 2.24. The van der Waals surface area contributed by atoms with E-state index in [4.69, 9.17) is 10.5 Å². The maximum absolute atomic E-state index is 13.9. The highest BCUT2D eigenvalue weighted by Gasteiger charge is 2.19. The van der Waals surface area contributed by atoms with Crippen LogP contribution in [0.15, 0.2) is 12.1 Å². The molecule has 0 amide bonds. The first kappa shape index (κ1) is 14.8. The van der Waals surface area contributed by atoms with Crippen LogP contribution in [0.5, 0.6) is 0 Å². The van der Waals surface area contributed by atoms with Crippen LogP contribution in [0.25, 0.3) is 0 Å². The van der Waals surface area contributed by atoms with Crippen molar-refractivity contribution in [1.82, 2.24) is 0 Å². The highest BCUT2D eigenvalue weighted by molar-refractivity contribution is 7.80. The zero-order chi connectivity index (χ0) is 13.9. The molecule has 2 N–H and O–H groups in total. The number of anilines is 1. The standard InChI is InChI=1S/C12H16F2N2OS/c1-7(6-17-3)16(2)9-5-4-8(12(15)18)10(13)11(9)14/h4-5,7H,6H2,1-3H3,(H2,15,18). The average molecular weight is 274 g/mol. The molecule has 1 aromatic rings. The van der Waals surface area contributed by atoms with Crippen molar-refractivity contribution in [3.63, 3.8) is 0 Å². The Balaban J connectivity index is 3.12. The third kappa shape index (κ3) is 2.94. The van der Waals surface area contributed by atoms with Gasteiger partial charge in [0.2, 0.25) is 0 Å². The van der Waals surface area contributed by atoms with E-state index in [9.17, 15) is 8.78 Å². The van der Waals surface area contributed by atoms with E-state index in [0.29, 0.717) is 6.61 Å². The minimum absolute atomic E-state index is 0.0837. The summed E-state index contributed by atoms with van der Waals surface area (Å²) in [4.78, 5) is 1.44. The smallest absolute Gasteiger partial charge is 0.182 e. The lowest BCUT2D eigenvalue weighted by molar-refractivity contribution is 0.183. The van der Waals surface area contributed by atoms with E-state index in [-0.39, 0.29) is 22.3 Å². The van der Waals surface area contributed by atoms with Crippen molar-refractivity contribution >= 4 is 22.9 Å². The average Bonchev–Trinajstić information content (AvgIpc) is 2.31. The van der Waals surface area contributed by atoms with Gasteiger partial charge < -0.3 is 15.4 Å². The van der Waals surface area contributed by atoms with E-state index < -0.39 is 11.6 Å². The van der Waals surface area contributed by atoms with Crippen LogP contribution < -0.4 is 10.6 Å². The Kier molecular flexibility index (Phi) is 4.98. The van der Waals surface area contributed by atoms with Crippen molar-refractivity contribution in [1.29, 1.82) is 0 Å². The molecule has 0 bridgehead atoms. The number of nitrogens with two attached hydrogens (primary N) is 1. The van der Waals surface area contributed by atoms with E-state index in [1.165, 1.54) is 12.1 Å². The van der Waals surface area contributed by atoms with Gasteiger partial charge in [0.15, 0.2) is 11.6 Å². The summed E-state index contributed by atoms with van der Waals surface area (Å²) >= 11 is 4.65. The fraction of sp³-hybridized carbons (Fsp3) is 0.417. The molecule has 0 fully saturated rings. The first-order chi connectivity index (χ1) is 8.40. The number of benzene rings is 1. The van der Waals surface area contributed by atoms with E-state index in [2.05, 4.69) is 12.2 Å². The summed E-state index contributed by atoms with van der Waals surface area (Å²) in [5, 5.41) is 0. The van der Waals surface area contributed by atoms with Crippen LogP contribution in [-0.4, -0.2) is 31.8 Å². The molecule has 1 unspecified atom stereocenters. The molecule has 0 saturated carbocycles. The Morgan fingerprint density at radius 1 is 1.44 bits per heavy atom. The molecule has 1 atom stereocenters.